The Balaban J connectivity index is 0.00000380. The number of amides is 2. The van der Waals surface area contributed by atoms with Gasteiger partial charge in [-0.15, -0.1) is 12.4 Å². The molecule has 37 heavy (non-hydrogen) atoms. The molecule has 1 aliphatic carbocycles. The first-order valence-corrected chi connectivity index (χ1v) is 13.9. The van der Waals surface area contributed by atoms with Gasteiger partial charge in [0.2, 0.25) is 11.8 Å². The number of aliphatic hydroxyl groups is 1. The van der Waals surface area contributed by atoms with Crippen LogP contribution < -0.4 is 10.1 Å². The highest BCUT2D eigenvalue weighted by Crippen LogP contribution is 2.36. The average molecular weight is 534 g/mol. The first-order chi connectivity index (χ1) is 17.5. The smallest absolute Gasteiger partial charge is 0.248 e. The summed E-state index contributed by atoms with van der Waals surface area (Å²) in [5.74, 6) is 0.778. The zero-order valence-electron chi connectivity index (χ0n) is 22.1. The van der Waals surface area contributed by atoms with Crippen molar-refractivity contribution in [3.8, 4) is 5.75 Å². The molecule has 1 saturated carbocycles. The number of likely N-dealkylation sites (tertiary alicyclic amines) is 1. The van der Waals surface area contributed by atoms with Gasteiger partial charge in [-0.05, 0) is 50.2 Å². The van der Waals surface area contributed by atoms with E-state index in [9.17, 15) is 14.7 Å². The highest BCUT2D eigenvalue weighted by atomic mass is 35.5. The minimum atomic E-state index is -0.811. The van der Waals surface area contributed by atoms with Gasteiger partial charge in [0, 0.05) is 26.2 Å². The predicted octanol–water partition coefficient (Wildman–Crippen LogP) is 3.95. The summed E-state index contributed by atoms with van der Waals surface area (Å²) in [5.41, 5.74) is -0.800. The number of ether oxygens (including phenoxy) is 1. The molecule has 0 unspecified atom stereocenters. The SMILES string of the molecule is CCCCN1C(=O)[C@@H]([C@H](O)C2CCCCC2)NC(=O)C12CCN(C/C=C/COc1ccccc1)CC2.Cl. The van der Waals surface area contributed by atoms with Gasteiger partial charge >= 0.3 is 0 Å². The lowest BCUT2D eigenvalue weighted by atomic mass is 9.78. The summed E-state index contributed by atoms with van der Waals surface area (Å²) in [6.07, 6.45) is 11.6. The molecule has 206 valence electrons. The quantitative estimate of drug-likeness (QED) is 0.445. The number of carbonyl (C=O) groups excluding carboxylic acids is 2. The van der Waals surface area contributed by atoms with E-state index in [0.717, 1.165) is 63.9 Å². The highest BCUT2D eigenvalue weighted by Gasteiger charge is 2.55. The molecule has 4 rings (SSSR count). The van der Waals surface area contributed by atoms with Crippen molar-refractivity contribution in [1.29, 1.82) is 0 Å². The van der Waals surface area contributed by atoms with E-state index in [-0.39, 0.29) is 30.1 Å². The second-order valence-electron chi connectivity index (χ2n) is 10.6. The first-order valence-electron chi connectivity index (χ1n) is 13.9. The normalized spacial score (nSPS) is 23.6. The van der Waals surface area contributed by atoms with Crippen LogP contribution in [0.15, 0.2) is 42.5 Å². The van der Waals surface area contributed by atoms with Crippen LogP contribution in [0.4, 0.5) is 0 Å². The minimum absolute atomic E-state index is 0. The van der Waals surface area contributed by atoms with Crippen LogP contribution in [-0.2, 0) is 9.59 Å². The largest absolute Gasteiger partial charge is 0.490 e. The molecule has 1 aromatic carbocycles. The van der Waals surface area contributed by atoms with Crippen molar-refractivity contribution < 1.29 is 19.4 Å². The number of hydrogen-bond acceptors (Lipinski definition) is 5. The Kier molecular flexibility index (Phi) is 11.3. The second-order valence-corrected chi connectivity index (χ2v) is 10.6. The van der Waals surface area contributed by atoms with Gasteiger partial charge < -0.3 is 20.1 Å². The van der Waals surface area contributed by atoms with E-state index >= 15 is 0 Å². The number of aliphatic hydroxyl groups excluding tert-OH is 1. The Labute approximate surface area is 228 Å². The van der Waals surface area contributed by atoms with Crippen molar-refractivity contribution in [2.45, 2.75) is 82.4 Å². The number of carbonyl (C=O) groups is 2. The molecule has 2 N–H and O–H groups in total. The number of halogens is 1. The van der Waals surface area contributed by atoms with Crippen molar-refractivity contribution in [1.82, 2.24) is 15.1 Å². The maximum absolute atomic E-state index is 13.7. The molecule has 0 radical (unpaired) electrons. The van der Waals surface area contributed by atoms with Gasteiger partial charge in [-0.2, -0.15) is 0 Å². The third kappa shape index (κ3) is 7.06. The van der Waals surface area contributed by atoms with Gasteiger partial charge in [-0.25, -0.2) is 0 Å². The molecule has 7 nitrogen and oxygen atoms in total. The van der Waals surface area contributed by atoms with Gasteiger partial charge in [0.25, 0.3) is 0 Å². The molecular weight excluding hydrogens is 490 g/mol. The molecule has 8 heteroatoms. The van der Waals surface area contributed by atoms with Crippen LogP contribution in [0.2, 0.25) is 0 Å². The number of nitrogens with one attached hydrogen (secondary N) is 1. The topological polar surface area (TPSA) is 82.1 Å². The van der Waals surface area contributed by atoms with Gasteiger partial charge in [-0.1, -0.05) is 63.0 Å². The summed E-state index contributed by atoms with van der Waals surface area (Å²) < 4.78 is 5.71. The number of rotatable bonds is 10. The van der Waals surface area contributed by atoms with Gasteiger partial charge in [0.1, 0.15) is 23.9 Å². The fraction of sp³-hybridized carbons (Fsp3) is 0.655. The lowest BCUT2D eigenvalue weighted by Crippen LogP contribution is -2.75. The molecule has 1 aromatic rings. The Morgan fingerprint density at radius 2 is 1.81 bits per heavy atom. The number of para-hydroxylation sites is 1. The molecule has 2 atom stereocenters. The van der Waals surface area contributed by atoms with Crippen LogP contribution in [0.25, 0.3) is 0 Å². The van der Waals surface area contributed by atoms with Crippen LogP contribution in [0.1, 0.15) is 64.7 Å². The van der Waals surface area contributed by atoms with Gasteiger partial charge in [-0.3, -0.25) is 14.5 Å². The summed E-state index contributed by atoms with van der Waals surface area (Å²) in [6, 6.07) is 8.95. The molecule has 2 saturated heterocycles. The fourth-order valence-electron chi connectivity index (χ4n) is 6.01. The van der Waals surface area contributed by atoms with Crippen molar-refractivity contribution in [3.05, 3.63) is 42.5 Å². The summed E-state index contributed by atoms with van der Waals surface area (Å²) in [5, 5.41) is 14.1. The Bertz CT molecular complexity index is 882. The highest BCUT2D eigenvalue weighted by molar-refractivity contribution is 6.00. The van der Waals surface area contributed by atoms with Crippen molar-refractivity contribution in [2.24, 2.45) is 5.92 Å². The number of nitrogens with zero attached hydrogens (tertiary/aromatic N) is 2. The van der Waals surface area contributed by atoms with E-state index in [1.54, 1.807) is 0 Å². The number of unbranched alkanes of at least 4 members (excludes halogenated alkanes) is 1. The maximum atomic E-state index is 13.7. The van der Waals surface area contributed by atoms with Crippen LogP contribution in [0.5, 0.6) is 5.75 Å². The second kappa shape index (κ2) is 14.2. The van der Waals surface area contributed by atoms with Crippen molar-refractivity contribution in [2.75, 3.05) is 32.8 Å². The summed E-state index contributed by atoms with van der Waals surface area (Å²) >= 11 is 0. The average Bonchev–Trinajstić information content (AvgIpc) is 2.92. The van der Waals surface area contributed by atoms with E-state index in [4.69, 9.17) is 4.74 Å². The van der Waals surface area contributed by atoms with Crippen LogP contribution in [-0.4, -0.2) is 77.2 Å². The number of benzene rings is 1. The molecule has 3 fully saturated rings. The first kappa shape index (κ1) is 29.5. The van der Waals surface area contributed by atoms with Crippen LogP contribution in [0.3, 0.4) is 0 Å². The standard InChI is InChI=1S/C29H43N3O4.ClH/c1-2-3-19-32-27(34)25(26(33)23-12-6-4-7-13-23)30-28(35)29(32)16-20-31(21-17-29)18-10-11-22-36-24-14-8-5-9-15-24;/h5,8-11,14-15,23,25-26,33H,2-4,6-7,12-13,16-22H2,1H3,(H,30,35);1H/b11-10+;/t25-,26-;/m1./s1. The minimum Gasteiger partial charge on any atom is -0.490 e. The Morgan fingerprint density at radius 1 is 1.11 bits per heavy atom. The van der Waals surface area contributed by atoms with E-state index < -0.39 is 17.7 Å². The third-order valence-corrected chi connectivity index (χ3v) is 8.27. The third-order valence-electron chi connectivity index (χ3n) is 8.27. The molecule has 2 heterocycles. The molecule has 2 aliphatic heterocycles. The van der Waals surface area contributed by atoms with Crippen LogP contribution >= 0.6 is 12.4 Å². The summed E-state index contributed by atoms with van der Waals surface area (Å²) in [4.78, 5) is 31.4. The van der Waals surface area contributed by atoms with Gasteiger partial charge in [0.15, 0.2) is 0 Å². The van der Waals surface area contributed by atoms with Crippen LogP contribution in [0, 0.1) is 5.92 Å². The molecule has 1 spiro atoms. The van der Waals surface area contributed by atoms with E-state index in [2.05, 4.69) is 23.2 Å². The Morgan fingerprint density at radius 3 is 2.49 bits per heavy atom. The number of piperidine rings is 1. The number of piperazine rings is 1. The van der Waals surface area contributed by atoms with E-state index in [1.807, 2.05) is 41.3 Å². The monoisotopic (exact) mass is 533 g/mol. The zero-order valence-corrected chi connectivity index (χ0v) is 23.0. The Hall–Kier alpha value is -2.09. The molecule has 3 aliphatic rings. The number of hydrogen-bond donors (Lipinski definition) is 2. The lowest BCUT2D eigenvalue weighted by molar-refractivity contribution is -0.165. The summed E-state index contributed by atoms with van der Waals surface area (Å²) in [6.45, 7) is 5.50. The molecule has 0 bridgehead atoms. The zero-order chi connectivity index (χ0) is 25.4. The maximum Gasteiger partial charge on any atom is 0.248 e. The molecule has 2 amide bonds. The van der Waals surface area contributed by atoms with Crippen molar-refractivity contribution in [3.63, 3.8) is 0 Å². The summed E-state index contributed by atoms with van der Waals surface area (Å²) in [7, 11) is 0. The molecule has 0 aromatic heterocycles. The lowest BCUT2D eigenvalue weighted by Gasteiger charge is -2.52. The van der Waals surface area contributed by atoms with E-state index in [0.29, 0.717) is 26.0 Å². The predicted molar refractivity (Wildman–Crippen MR) is 148 cm³/mol. The van der Waals surface area contributed by atoms with E-state index in [1.165, 1.54) is 6.42 Å². The van der Waals surface area contributed by atoms with Gasteiger partial charge in [0.05, 0.1) is 6.10 Å². The molecular formula is C29H44ClN3O4. The van der Waals surface area contributed by atoms with Crippen molar-refractivity contribution >= 4 is 24.2 Å². The fourth-order valence-corrected chi connectivity index (χ4v) is 6.01.